The van der Waals surface area contributed by atoms with Crippen LogP contribution in [0.5, 0.6) is 0 Å². The lowest BCUT2D eigenvalue weighted by Gasteiger charge is -2.17. The molecule has 0 aromatic heterocycles. The summed E-state index contributed by atoms with van der Waals surface area (Å²) in [5.74, 6) is -1.88. The Bertz CT molecular complexity index is 891. The minimum absolute atomic E-state index is 0.0619. The standard InChI is InChI=1S/C21H21FN2O3/c1-14-4-2-3-5-16(14)10-11-24-13-18(19(25)21(24)27)20(26)23-12-15-6-8-17(22)9-7-15/h2-9,25H,10-13H2,1H3,(H,23,26). The predicted molar refractivity (Wildman–Crippen MR) is 99.4 cm³/mol. The highest BCUT2D eigenvalue weighted by atomic mass is 19.1. The molecular formula is C21H21FN2O3. The van der Waals surface area contributed by atoms with Gasteiger partial charge in [0, 0.05) is 13.1 Å². The number of carbonyl (C=O) groups excluding carboxylic acids is 2. The number of amides is 2. The summed E-state index contributed by atoms with van der Waals surface area (Å²) in [6.45, 7) is 2.69. The van der Waals surface area contributed by atoms with Crippen molar-refractivity contribution in [3.8, 4) is 0 Å². The second-order valence-electron chi connectivity index (χ2n) is 6.54. The predicted octanol–water partition coefficient (Wildman–Crippen LogP) is 2.65. The zero-order valence-corrected chi connectivity index (χ0v) is 15.0. The lowest BCUT2D eigenvalue weighted by atomic mass is 10.1. The van der Waals surface area contributed by atoms with Crippen LogP contribution < -0.4 is 5.32 Å². The molecule has 1 heterocycles. The van der Waals surface area contributed by atoms with E-state index < -0.39 is 17.6 Å². The van der Waals surface area contributed by atoms with Gasteiger partial charge in [-0.15, -0.1) is 0 Å². The van der Waals surface area contributed by atoms with Crippen LogP contribution in [0.4, 0.5) is 4.39 Å². The van der Waals surface area contributed by atoms with Crippen LogP contribution in [0.25, 0.3) is 0 Å². The second kappa shape index (κ2) is 8.03. The number of halogens is 1. The van der Waals surface area contributed by atoms with Crippen LogP contribution in [-0.2, 0) is 22.6 Å². The molecule has 27 heavy (non-hydrogen) atoms. The van der Waals surface area contributed by atoms with Crippen molar-refractivity contribution < 1.29 is 19.1 Å². The lowest BCUT2D eigenvalue weighted by Crippen LogP contribution is -2.31. The molecule has 2 N–H and O–H groups in total. The number of carbonyl (C=O) groups is 2. The first-order chi connectivity index (χ1) is 13.0. The van der Waals surface area contributed by atoms with Gasteiger partial charge in [0.1, 0.15) is 5.82 Å². The fourth-order valence-electron chi connectivity index (χ4n) is 3.01. The minimum atomic E-state index is -0.532. The molecule has 1 aliphatic heterocycles. The van der Waals surface area contributed by atoms with Gasteiger partial charge in [-0.2, -0.15) is 0 Å². The number of aliphatic hydroxyl groups is 1. The Morgan fingerprint density at radius 1 is 1.19 bits per heavy atom. The first kappa shape index (κ1) is 18.6. The molecule has 140 valence electrons. The van der Waals surface area contributed by atoms with E-state index in [1.54, 1.807) is 12.1 Å². The number of hydrogen-bond acceptors (Lipinski definition) is 3. The summed E-state index contributed by atoms with van der Waals surface area (Å²) < 4.78 is 12.9. The third-order valence-corrected chi connectivity index (χ3v) is 4.68. The van der Waals surface area contributed by atoms with Crippen molar-refractivity contribution in [2.45, 2.75) is 19.9 Å². The third-order valence-electron chi connectivity index (χ3n) is 4.68. The largest absolute Gasteiger partial charge is 0.503 e. The molecule has 0 fully saturated rings. The molecule has 0 atom stereocenters. The number of nitrogens with one attached hydrogen (secondary N) is 1. The van der Waals surface area contributed by atoms with Crippen molar-refractivity contribution in [1.82, 2.24) is 10.2 Å². The maximum atomic E-state index is 12.9. The van der Waals surface area contributed by atoms with E-state index in [0.29, 0.717) is 13.0 Å². The molecule has 0 spiro atoms. The maximum absolute atomic E-state index is 12.9. The highest BCUT2D eigenvalue weighted by Crippen LogP contribution is 2.19. The Morgan fingerprint density at radius 3 is 2.59 bits per heavy atom. The number of aryl methyl sites for hydroxylation is 1. The van der Waals surface area contributed by atoms with Crippen molar-refractivity contribution in [3.63, 3.8) is 0 Å². The molecule has 6 heteroatoms. The summed E-state index contributed by atoms with van der Waals surface area (Å²) in [6.07, 6.45) is 0.649. The quantitative estimate of drug-likeness (QED) is 0.824. The summed E-state index contributed by atoms with van der Waals surface area (Å²) >= 11 is 0. The lowest BCUT2D eigenvalue weighted by molar-refractivity contribution is -0.127. The van der Waals surface area contributed by atoms with Gasteiger partial charge in [0.15, 0.2) is 5.76 Å². The van der Waals surface area contributed by atoms with Gasteiger partial charge in [0.05, 0.1) is 12.1 Å². The zero-order chi connectivity index (χ0) is 19.4. The number of benzene rings is 2. The van der Waals surface area contributed by atoms with Crippen LogP contribution in [0.3, 0.4) is 0 Å². The summed E-state index contributed by atoms with van der Waals surface area (Å²) in [4.78, 5) is 26.0. The van der Waals surface area contributed by atoms with E-state index >= 15 is 0 Å². The first-order valence-corrected chi connectivity index (χ1v) is 8.74. The van der Waals surface area contributed by atoms with Crippen LogP contribution in [0.15, 0.2) is 59.9 Å². The van der Waals surface area contributed by atoms with Crippen LogP contribution >= 0.6 is 0 Å². The minimum Gasteiger partial charge on any atom is -0.503 e. The van der Waals surface area contributed by atoms with E-state index in [9.17, 15) is 19.1 Å². The smallest absolute Gasteiger partial charge is 0.289 e. The van der Waals surface area contributed by atoms with E-state index in [2.05, 4.69) is 5.32 Å². The molecular weight excluding hydrogens is 347 g/mol. The van der Waals surface area contributed by atoms with Crippen molar-refractivity contribution in [2.24, 2.45) is 0 Å². The fourth-order valence-corrected chi connectivity index (χ4v) is 3.01. The second-order valence-corrected chi connectivity index (χ2v) is 6.54. The Labute approximate surface area is 157 Å². The van der Waals surface area contributed by atoms with E-state index in [1.807, 2.05) is 31.2 Å². The molecule has 0 unspecified atom stereocenters. The van der Waals surface area contributed by atoms with Gasteiger partial charge in [-0.25, -0.2) is 4.39 Å². The molecule has 0 saturated carbocycles. The van der Waals surface area contributed by atoms with Gasteiger partial charge < -0.3 is 15.3 Å². The van der Waals surface area contributed by atoms with Gasteiger partial charge in [-0.1, -0.05) is 36.4 Å². The molecule has 0 radical (unpaired) electrons. The summed E-state index contributed by atoms with van der Waals surface area (Å²) in [5.41, 5.74) is 3.05. The zero-order valence-electron chi connectivity index (χ0n) is 15.0. The molecule has 2 aromatic carbocycles. The molecule has 1 aliphatic rings. The summed E-state index contributed by atoms with van der Waals surface area (Å²) in [5, 5.41) is 12.7. The highest BCUT2D eigenvalue weighted by Gasteiger charge is 2.33. The van der Waals surface area contributed by atoms with Crippen LogP contribution in [0.2, 0.25) is 0 Å². The van der Waals surface area contributed by atoms with Gasteiger partial charge in [-0.3, -0.25) is 9.59 Å². The molecule has 5 nitrogen and oxygen atoms in total. The number of aliphatic hydroxyl groups excluding tert-OH is 1. The average Bonchev–Trinajstić information content (AvgIpc) is 2.95. The Hall–Kier alpha value is -3.15. The van der Waals surface area contributed by atoms with Crippen molar-refractivity contribution in [2.75, 3.05) is 13.1 Å². The molecule has 3 rings (SSSR count). The molecule has 0 saturated heterocycles. The molecule has 2 amide bonds. The number of nitrogens with zero attached hydrogens (tertiary/aromatic N) is 1. The maximum Gasteiger partial charge on any atom is 0.289 e. The van der Waals surface area contributed by atoms with Gasteiger partial charge >= 0.3 is 0 Å². The number of hydrogen-bond donors (Lipinski definition) is 2. The van der Waals surface area contributed by atoms with E-state index in [4.69, 9.17) is 0 Å². The molecule has 0 aliphatic carbocycles. The summed E-state index contributed by atoms with van der Waals surface area (Å²) in [7, 11) is 0. The van der Waals surface area contributed by atoms with Crippen LogP contribution in [0, 0.1) is 12.7 Å². The third kappa shape index (κ3) is 4.34. The van der Waals surface area contributed by atoms with Crippen molar-refractivity contribution in [1.29, 1.82) is 0 Å². The highest BCUT2D eigenvalue weighted by molar-refractivity contribution is 6.06. The van der Waals surface area contributed by atoms with E-state index in [1.165, 1.54) is 17.0 Å². The average molecular weight is 368 g/mol. The number of rotatable bonds is 6. The van der Waals surface area contributed by atoms with Crippen molar-refractivity contribution >= 4 is 11.8 Å². The SMILES string of the molecule is Cc1ccccc1CCN1CC(C(=O)NCc2ccc(F)cc2)=C(O)C1=O. The summed E-state index contributed by atoms with van der Waals surface area (Å²) in [6, 6.07) is 13.7. The monoisotopic (exact) mass is 368 g/mol. The Morgan fingerprint density at radius 2 is 1.89 bits per heavy atom. The van der Waals surface area contributed by atoms with Gasteiger partial charge in [-0.05, 0) is 42.2 Å². The van der Waals surface area contributed by atoms with Gasteiger partial charge in [0.25, 0.3) is 11.8 Å². The topological polar surface area (TPSA) is 69.6 Å². The molecule has 2 aromatic rings. The normalized spacial score (nSPS) is 14.0. The van der Waals surface area contributed by atoms with Gasteiger partial charge in [0.2, 0.25) is 0 Å². The Balaban J connectivity index is 1.58. The van der Waals surface area contributed by atoms with Crippen molar-refractivity contribution in [3.05, 3.63) is 82.4 Å². The van der Waals surface area contributed by atoms with Crippen LogP contribution in [-0.4, -0.2) is 34.9 Å². The molecule has 0 bridgehead atoms. The fraction of sp³-hybridized carbons (Fsp3) is 0.238. The van der Waals surface area contributed by atoms with E-state index in [-0.39, 0.29) is 24.5 Å². The van der Waals surface area contributed by atoms with Crippen LogP contribution in [0.1, 0.15) is 16.7 Å². The van der Waals surface area contributed by atoms with E-state index in [0.717, 1.165) is 16.7 Å². The first-order valence-electron chi connectivity index (χ1n) is 8.74. The Kier molecular flexibility index (Phi) is 5.54.